The summed E-state index contributed by atoms with van der Waals surface area (Å²) < 4.78 is 0.874. The first-order valence-electron chi connectivity index (χ1n) is 5.70. The van der Waals surface area contributed by atoms with E-state index in [2.05, 4.69) is 20.9 Å². The summed E-state index contributed by atoms with van der Waals surface area (Å²) in [6.07, 6.45) is 3.93. The topological polar surface area (TPSA) is 56.0 Å². The van der Waals surface area contributed by atoms with Gasteiger partial charge in [-0.2, -0.15) is 0 Å². The number of rotatable bonds is 4. The van der Waals surface area contributed by atoms with Gasteiger partial charge in [0.2, 0.25) is 5.91 Å². The SMILES string of the molecule is NC(=O)C(Cc1cncc(Br)c1)c1cccc(Cl)c1. The average Bonchev–Trinajstić information content (AvgIpc) is 2.35. The third-order valence-corrected chi connectivity index (χ3v) is 3.46. The molecule has 2 N–H and O–H groups in total. The van der Waals surface area contributed by atoms with Crippen molar-refractivity contribution in [3.63, 3.8) is 0 Å². The molecule has 2 aromatic rings. The molecule has 0 saturated heterocycles. The fourth-order valence-corrected chi connectivity index (χ4v) is 2.52. The molecule has 5 heteroatoms. The molecule has 0 aliphatic heterocycles. The lowest BCUT2D eigenvalue weighted by atomic mass is 9.92. The first-order chi connectivity index (χ1) is 9.06. The van der Waals surface area contributed by atoms with E-state index >= 15 is 0 Å². The van der Waals surface area contributed by atoms with Crippen LogP contribution in [-0.2, 0) is 11.2 Å². The Morgan fingerprint density at radius 3 is 2.79 bits per heavy atom. The highest BCUT2D eigenvalue weighted by Crippen LogP contribution is 2.24. The Labute approximate surface area is 124 Å². The molecule has 3 nitrogen and oxygen atoms in total. The van der Waals surface area contributed by atoms with E-state index in [4.69, 9.17) is 17.3 Å². The van der Waals surface area contributed by atoms with Gasteiger partial charge in [-0.15, -0.1) is 0 Å². The molecule has 0 bridgehead atoms. The van der Waals surface area contributed by atoms with Crippen molar-refractivity contribution in [3.8, 4) is 0 Å². The van der Waals surface area contributed by atoms with Crippen molar-refractivity contribution in [2.45, 2.75) is 12.3 Å². The standard InChI is InChI=1S/C14H12BrClN2O/c15-11-4-9(7-18-8-11)5-13(14(17)19)10-2-1-3-12(16)6-10/h1-4,6-8,13H,5H2,(H2,17,19). The number of nitrogens with zero attached hydrogens (tertiary/aromatic N) is 1. The Bertz CT molecular complexity index is 604. The number of pyridine rings is 1. The van der Waals surface area contributed by atoms with Crippen LogP contribution in [0.2, 0.25) is 5.02 Å². The largest absolute Gasteiger partial charge is 0.369 e. The molecule has 0 aliphatic rings. The monoisotopic (exact) mass is 338 g/mol. The van der Waals surface area contributed by atoms with E-state index < -0.39 is 5.92 Å². The number of nitrogens with two attached hydrogens (primary N) is 1. The van der Waals surface area contributed by atoms with Gasteiger partial charge in [0.05, 0.1) is 5.92 Å². The van der Waals surface area contributed by atoms with Crippen molar-refractivity contribution in [3.05, 3.63) is 63.3 Å². The molecule has 1 aromatic carbocycles. The molecule has 0 radical (unpaired) electrons. The first kappa shape index (κ1) is 14.0. The maximum absolute atomic E-state index is 11.6. The summed E-state index contributed by atoms with van der Waals surface area (Å²) in [5.74, 6) is -0.781. The van der Waals surface area contributed by atoms with Crippen molar-refractivity contribution in [1.29, 1.82) is 0 Å². The summed E-state index contributed by atoms with van der Waals surface area (Å²) >= 11 is 9.31. The van der Waals surface area contributed by atoms with E-state index in [1.165, 1.54) is 0 Å². The Balaban J connectivity index is 2.29. The van der Waals surface area contributed by atoms with Crippen LogP contribution in [-0.4, -0.2) is 10.9 Å². The second kappa shape index (κ2) is 6.17. The zero-order valence-electron chi connectivity index (χ0n) is 10.0. The summed E-state index contributed by atoms with van der Waals surface area (Å²) in [5.41, 5.74) is 7.25. The van der Waals surface area contributed by atoms with Gasteiger partial charge in [-0.3, -0.25) is 9.78 Å². The van der Waals surface area contributed by atoms with E-state index in [-0.39, 0.29) is 5.91 Å². The molecule has 0 spiro atoms. The van der Waals surface area contributed by atoms with Crippen LogP contribution >= 0.6 is 27.5 Å². The van der Waals surface area contributed by atoms with Crippen LogP contribution in [0.3, 0.4) is 0 Å². The van der Waals surface area contributed by atoms with Gasteiger partial charge in [-0.05, 0) is 51.7 Å². The number of aromatic nitrogens is 1. The van der Waals surface area contributed by atoms with Crippen molar-refractivity contribution >= 4 is 33.4 Å². The lowest BCUT2D eigenvalue weighted by Gasteiger charge is -2.14. The summed E-state index contributed by atoms with van der Waals surface area (Å²) in [4.78, 5) is 15.7. The van der Waals surface area contributed by atoms with Crippen molar-refractivity contribution in [2.24, 2.45) is 5.73 Å². The number of carbonyl (C=O) groups excluding carboxylic acids is 1. The van der Waals surface area contributed by atoms with Crippen LogP contribution < -0.4 is 5.73 Å². The van der Waals surface area contributed by atoms with Crippen LogP contribution in [0, 0.1) is 0 Å². The van der Waals surface area contributed by atoms with Gasteiger partial charge < -0.3 is 5.73 Å². The van der Waals surface area contributed by atoms with Crippen molar-refractivity contribution in [1.82, 2.24) is 4.98 Å². The molecule has 1 amide bonds. The second-order valence-corrected chi connectivity index (χ2v) is 5.58. The molecular formula is C14H12BrClN2O. The maximum Gasteiger partial charge on any atom is 0.225 e. The lowest BCUT2D eigenvalue weighted by molar-refractivity contribution is -0.119. The molecule has 2 rings (SSSR count). The quantitative estimate of drug-likeness (QED) is 0.929. The van der Waals surface area contributed by atoms with Crippen LogP contribution in [0.15, 0.2) is 47.2 Å². The minimum atomic E-state index is -0.408. The number of carbonyl (C=O) groups is 1. The van der Waals surface area contributed by atoms with Gasteiger partial charge in [0.1, 0.15) is 0 Å². The zero-order valence-corrected chi connectivity index (χ0v) is 12.4. The molecule has 1 heterocycles. The Hall–Kier alpha value is -1.39. The molecular weight excluding hydrogens is 328 g/mol. The fraction of sp³-hybridized carbons (Fsp3) is 0.143. The summed E-state index contributed by atoms with van der Waals surface area (Å²) in [5, 5.41) is 0.594. The van der Waals surface area contributed by atoms with Gasteiger partial charge in [-0.1, -0.05) is 23.7 Å². The van der Waals surface area contributed by atoms with E-state index in [0.29, 0.717) is 11.4 Å². The summed E-state index contributed by atoms with van der Waals surface area (Å²) in [6.45, 7) is 0. The van der Waals surface area contributed by atoms with Crippen LogP contribution in [0.1, 0.15) is 17.0 Å². The minimum absolute atomic E-state index is 0.373. The highest BCUT2D eigenvalue weighted by Gasteiger charge is 2.19. The van der Waals surface area contributed by atoms with Gasteiger partial charge >= 0.3 is 0 Å². The predicted molar refractivity (Wildman–Crippen MR) is 79.0 cm³/mol. The third kappa shape index (κ3) is 3.78. The Morgan fingerprint density at radius 2 is 2.16 bits per heavy atom. The normalized spacial score (nSPS) is 12.1. The number of benzene rings is 1. The zero-order chi connectivity index (χ0) is 13.8. The Kier molecular flexibility index (Phi) is 4.56. The molecule has 1 aromatic heterocycles. The van der Waals surface area contributed by atoms with Gasteiger partial charge in [0.15, 0.2) is 0 Å². The van der Waals surface area contributed by atoms with Gasteiger partial charge in [0, 0.05) is 21.9 Å². The maximum atomic E-state index is 11.6. The van der Waals surface area contributed by atoms with E-state index in [1.54, 1.807) is 24.5 Å². The van der Waals surface area contributed by atoms with E-state index in [1.807, 2.05) is 18.2 Å². The number of hydrogen-bond acceptors (Lipinski definition) is 2. The molecule has 19 heavy (non-hydrogen) atoms. The molecule has 0 saturated carbocycles. The smallest absolute Gasteiger partial charge is 0.225 e. The van der Waals surface area contributed by atoms with Gasteiger partial charge in [-0.25, -0.2) is 0 Å². The number of primary amides is 1. The number of halogens is 2. The number of amides is 1. The summed E-state index contributed by atoms with van der Waals surface area (Å²) in [7, 11) is 0. The molecule has 98 valence electrons. The average molecular weight is 340 g/mol. The first-order valence-corrected chi connectivity index (χ1v) is 6.87. The van der Waals surface area contributed by atoms with Gasteiger partial charge in [0.25, 0.3) is 0 Å². The van der Waals surface area contributed by atoms with E-state index in [9.17, 15) is 4.79 Å². The van der Waals surface area contributed by atoms with E-state index in [0.717, 1.165) is 15.6 Å². The van der Waals surface area contributed by atoms with Crippen molar-refractivity contribution in [2.75, 3.05) is 0 Å². The molecule has 1 unspecified atom stereocenters. The van der Waals surface area contributed by atoms with Crippen LogP contribution in [0.4, 0.5) is 0 Å². The fourth-order valence-electron chi connectivity index (χ4n) is 1.91. The highest BCUT2D eigenvalue weighted by atomic mass is 79.9. The second-order valence-electron chi connectivity index (χ2n) is 4.23. The molecule has 0 aliphatic carbocycles. The minimum Gasteiger partial charge on any atom is -0.369 e. The molecule has 0 fully saturated rings. The number of hydrogen-bond donors (Lipinski definition) is 1. The predicted octanol–water partition coefficient (Wildman–Crippen LogP) is 3.31. The summed E-state index contributed by atoms with van der Waals surface area (Å²) in [6, 6.07) is 9.12. The highest BCUT2D eigenvalue weighted by molar-refractivity contribution is 9.10. The Morgan fingerprint density at radius 1 is 1.37 bits per heavy atom. The molecule has 1 atom stereocenters. The van der Waals surface area contributed by atoms with Crippen LogP contribution in [0.5, 0.6) is 0 Å². The van der Waals surface area contributed by atoms with Crippen LogP contribution in [0.25, 0.3) is 0 Å². The lowest BCUT2D eigenvalue weighted by Crippen LogP contribution is -2.23. The van der Waals surface area contributed by atoms with Crippen molar-refractivity contribution < 1.29 is 4.79 Å². The third-order valence-electron chi connectivity index (χ3n) is 2.80.